The SMILES string of the molecule is Cc1ccc(OCC(F)(F)F)c(CBr)c1. The van der Waals surface area contributed by atoms with Crippen LogP contribution in [0.4, 0.5) is 13.2 Å². The predicted molar refractivity (Wildman–Crippen MR) is 55.4 cm³/mol. The second kappa shape index (κ2) is 4.88. The molecule has 0 aromatic heterocycles. The lowest BCUT2D eigenvalue weighted by molar-refractivity contribution is -0.153. The Morgan fingerprint density at radius 3 is 2.53 bits per heavy atom. The van der Waals surface area contributed by atoms with Crippen LogP contribution >= 0.6 is 15.9 Å². The predicted octanol–water partition coefficient (Wildman–Crippen LogP) is 3.83. The standard InChI is InChI=1S/C10H10BrF3O/c1-7-2-3-9(8(4-7)5-11)15-6-10(12,13)14/h2-4H,5-6H2,1H3. The van der Waals surface area contributed by atoms with Crippen molar-refractivity contribution < 1.29 is 17.9 Å². The molecule has 0 aliphatic heterocycles. The smallest absolute Gasteiger partial charge is 0.422 e. The van der Waals surface area contributed by atoms with Crippen LogP contribution in [0, 0.1) is 6.92 Å². The first kappa shape index (κ1) is 12.4. The van der Waals surface area contributed by atoms with Gasteiger partial charge < -0.3 is 4.74 Å². The van der Waals surface area contributed by atoms with Crippen LogP contribution in [0.25, 0.3) is 0 Å². The second-order valence-electron chi connectivity index (χ2n) is 3.15. The highest BCUT2D eigenvalue weighted by atomic mass is 79.9. The fraction of sp³-hybridized carbons (Fsp3) is 0.400. The average molecular weight is 283 g/mol. The molecule has 1 rings (SSSR count). The van der Waals surface area contributed by atoms with Crippen molar-refractivity contribution in [3.05, 3.63) is 29.3 Å². The van der Waals surface area contributed by atoms with Gasteiger partial charge in [-0.15, -0.1) is 0 Å². The van der Waals surface area contributed by atoms with E-state index in [9.17, 15) is 13.2 Å². The molecule has 0 N–H and O–H groups in total. The van der Waals surface area contributed by atoms with Gasteiger partial charge in [-0.1, -0.05) is 33.6 Å². The Labute approximate surface area is 94.4 Å². The van der Waals surface area contributed by atoms with Crippen LogP contribution in [0.15, 0.2) is 18.2 Å². The summed E-state index contributed by atoms with van der Waals surface area (Å²) in [5.41, 5.74) is 1.71. The van der Waals surface area contributed by atoms with Crippen molar-refractivity contribution in [1.82, 2.24) is 0 Å². The Kier molecular flexibility index (Phi) is 4.02. The molecule has 0 amide bonds. The Balaban J connectivity index is 2.76. The summed E-state index contributed by atoms with van der Waals surface area (Å²) in [6.45, 7) is 0.621. The summed E-state index contributed by atoms with van der Waals surface area (Å²) in [7, 11) is 0. The summed E-state index contributed by atoms with van der Waals surface area (Å²) in [6, 6.07) is 5.07. The van der Waals surface area contributed by atoms with E-state index in [0.717, 1.165) is 11.1 Å². The van der Waals surface area contributed by atoms with Gasteiger partial charge in [0.1, 0.15) is 5.75 Å². The summed E-state index contributed by atoms with van der Waals surface area (Å²) in [4.78, 5) is 0. The number of benzene rings is 1. The Morgan fingerprint density at radius 1 is 1.33 bits per heavy atom. The zero-order valence-corrected chi connectivity index (χ0v) is 9.65. The third-order valence-electron chi connectivity index (χ3n) is 1.75. The van der Waals surface area contributed by atoms with Gasteiger partial charge >= 0.3 is 6.18 Å². The zero-order chi connectivity index (χ0) is 11.5. The van der Waals surface area contributed by atoms with Crippen LogP contribution in [0.3, 0.4) is 0 Å². The van der Waals surface area contributed by atoms with Gasteiger partial charge in [-0.3, -0.25) is 0 Å². The number of halogens is 4. The maximum atomic E-state index is 11.9. The monoisotopic (exact) mass is 282 g/mol. The molecule has 0 radical (unpaired) electrons. The van der Waals surface area contributed by atoms with E-state index in [1.807, 2.05) is 6.92 Å². The van der Waals surface area contributed by atoms with Gasteiger partial charge in [0, 0.05) is 10.9 Å². The average Bonchev–Trinajstić information content (AvgIpc) is 2.14. The van der Waals surface area contributed by atoms with Crippen molar-refractivity contribution in [3.63, 3.8) is 0 Å². The normalized spacial score (nSPS) is 11.5. The number of rotatable bonds is 3. The van der Waals surface area contributed by atoms with Crippen molar-refractivity contribution >= 4 is 15.9 Å². The van der Waals surface area contributed by atoms with E-state index >= 15 is 0 Å². The Hall–Kier alpha value is -0.710. The highest BCUT2D eigenvalue weighted by molar-refractivity contribution is 9.08. The van der Waals surface area contributed by atoms with Gasteiger partial charge in [0.25, 0.3) is 0 Å². The quantitative estimate of drug-likeness (QED) is 0.766. The summed E-state index contributed by atoms with van der Waals surface area (Å²) in [5, 5.41) is 0.474. The van der Waals surface area contributed by atoms with E-state index in [1.54, 1.807) is 18.2 Å². The molecule has 0 atom stereocenters. The van der Waals surface area contributed by atoms with Gasteiger partial charge in [-0.25, -0.2) is 0 Å². The van der Waals surface area contributed by atoms with Crippen LogP contribution in [-0.4, -0.2) is 12.8 Å². The van der Waals surface area contributed by atoms with Gasteiger partial charge in [-0.05, 0) is 13.0 Å². The number of hydrogen-bond acceptors (Lipinski definition) is 1. The Bertz CT molecular complexity index is 336. The van der Waals surface area contributed by atoms with Crippen molar-refractivity contribution in [2.24, 2.45) is 0 Å². The number of hydrogen-bond donors (Lipinski definition) is 0. The highest BCUT2D eigenvalue weighted by Gasteiger charge is 2.28. The first-order valence-corrected chi connectivity index (χ1v) is 5.39. The molecule has 5 heteroatoms. The molecule has 0 saturated heterocycles. The first-order chi connectivity index (χ1) is 6.92. The van der Waals surface area contributed by atoms with E-state index in [2.05, 4.69) is 15.9 Å². The summed E-state index contributed by atoms with van der Waals surface area (Å²) >= 11 is 3.20. The Morgan fingerprint density at radius 2 is 2.00 bits per heavy atom. The lowest BCUT2D eigenvalue weighted by Crippen LogP contribution is -2.19. The van der Waals surface area contributed by atoms with Gasteiger partial charge in [0.2, 0.25) is 0 Å². The molecule has 1 nitrogen and oxygen atoms in total. The molecule has 0 unspecified atom stereocenters. The minimum absolute atomic E-state index is 0.273. The lowest BCUT2D eigenvalue weighted by Gasteiger charge is -2.12. The molecular formula is C10H10BrF3O. The van der Waals surface area contributed by atoms with E-state index in [4.69, 9.17) is 4.74 Å². The zero-order valence-electron chi connectivity index (χ0n) is 8.07. The minimum Gasteiger partial charge on any atom is -0.484 e. The fourth-order valence-electron chi connectivity index (χ4n) is 1.11. The molecule has 0 aliphatic carbocycles. The van der Waals surface area contributed by atoms with Crippen LogP contribution in [0.5, 0.6) is 5.75 Å². The molecule has 0 heterocycles. The number of ether oxygens (including phenoxy) is 1. The third kappa shape index (κ3) is 4.11. The molecule has 1 aromatic carbocycles. The lowest BCUT2D eigenvalue weighted by atomic mass is 10.1. The topological polar surface area (TPSA) is 9.23 Å². The van der Waals surface area contributed by atoms with E-state index < -0.39 is 12.8 Å². The number of aryl methyl sites for hydroxylation is 1. The van der Waals surface area contributed by atoms with E-state index in [1.165, 1.54) is 0 Å². The summed E-state index contributed by atoms with van der Waals surface area (Å²) in [5.74, 6) is 0.273. The summed E-state index contributed by atoms with van der Waals surface area (Å²) < 4.78 is 40.5. The maximum Gasteiger partial charge on any atom is 0.422 e. The fourth-order valence-corrected chi connectivity index (χ4v) is 1.55. The van der Waals surface area contributed by atoms with E-state index in [-0.39, 0.29) is 5.75 Å². The molecule has 0 spiro atoms. The van der Waals surface area contributed by atoms with Gasteiger partial charge in [0.05, 0.1) is 0 Å². The molecule has 1 aromatic rings. The molecule has 0 bridgehead atoms. The second-order valence-corrected chi connectivity index (χ2v) is 3.71. The molecular weight excluding hydrogens is 273 g/mol. The third-order valence-corrected chi connectivity index (χ3v) is 2.36. The van der Waals surface area contributed by atoms with Gasteiger partial charge in [0.15, 0.2) is 6.61 Å². The van der Waals surface area contributed by atoms with Crippen LogP contribution in [0.1, 0.15) is 11.1 Å². The molecule has 15 heavy (non-hydrogen) atoms. The van der Waals surface area contributed by atoms with Crippen molar-refractivity contribution in [1.29, 1.82) is 0 Å². The molecule has 0 aliphatic rings. The van der Waals surface area contributed by atoms with Crippen LogP contribution in [-0.2, 0) is 5.33 Å². The van der Waals surface area contributed by atoms with Crippen molar-refractivity contribution in [3.8, 4) is 5.75 Å². The first-order valence-electron chi connectivity index (χ1n) is 4.27. The minimum atomic E-state index is -4.30. The molecule has 84 valence electrons. The van der Waals surface area contributed by atoms with Crippen LogP contribution < -0.4 is 4.74 Å². The number of alkyl halides is 4. The summed E-state index contributed by atoms with van der Waals surface area (Å²) in [6.07, 6.45) is -4.30. The van der Waals surface area contributed by atoms with Crippen molar-refractivity contribution in [2.75, 3.05) is 6.61 Å². The molecule has 0 saturated carbocycles. The van der Waals surface area contributed by atoms with Crippen molar-refractivity contribution in [2.45, 2.75) is 18.4 Å². The van der Waals surface area contributed by atoms with Gasteiger partial charge in [-0.2, -0.15) is 13.2 Å². The van der Waals surface area contributed by atoms with E-state index in [0.29, 0.717) is 5.33 Å². The maximum absolute atomic E-state index is 11.9. The largest absolute Gasteiger partial charge is 0.484 e. The highest BCUT2D eigenvalue weighted by Crippen LogP contribution is 2.24. The van der Waals surface area contributed by atoms with Crippen LogP contribution in [0.2, 0.25) is 0 Å². The molecule has 0 fully saturated rings.